The van der Waals surface area contributed by atoms with Crippen LogP contribution >= 0.6 is 11.6 Å². The summed E-state index contributed by atoms with van der Waals surface area (Å²) in [7, 11) is 0. The molecule has 0 atom stereocenters. The van der Waals surface area contributed by atoms with Crippen molar-refractivity contribution in [3.8, 4) is 6.01 Å². The second-order valence-electron chi connectivity index (χ2n) is 8.35. The predicted molar refractivity (Wildman–Crippen MR) is 138 cm³/mol. The number of nitrogens with one attached hydrogen (secondary N) is 1. The standard InChI is InChI=1S/C25H33ClN6O3/c1-3-8-32(9-4-2)24-18-23(27-25(28-24)35-16-12-31-10-14-33-15-11-31)30-29-21-7-13-34-22-6-5-19(26)17-20(21)22/h5-7,13,17-18H,3-4,8-12,14-16H2,1-2H3,(H,27,28,30)/b29-21+. The molecule has 0 unspecified atom stereocenters. The monoisotopic (exact) mass is 500 g/mol. The molecule has 4 rings (SSSR count). The summed E-state index contributed by atoms with van der Waals surface area (Å²) in [6.07, 6.45) is 3.64. The van der Waals surface area contributed by atoms with Gasteiger partial charge in [0, 0.05) is 55.3 Å². The zero-order chi connectivity index (χ0) is 24.5. The summed E-state index contributed by atoms with van der Waals surface area (Å²) in [5, 5.41) is 6.70. The van der Waals surface area contributed by atoms with Gasteiger partial charge in [-0.2, -0.15) is 15.1 Å². The lowest BCUT2D eigenvalue weighted by molar-refractivity contribution is 0.0317. The summed E-state index contributed by atoms with van der Waals surface area (Å²) in [5.41, 5.74) is 3.79. The maximum absolute atomic E-state index is 6.19. The van der Waals surface area contributed by atoms with E-state index in [-0.39, 0.29) is 0 Å². The first kappa shape index (κ1) is 25.2. The molecule has 0 radical (unpaired) electrons. The fourth-order valence-electron chi connectivity index (χ4n) is 3.95. The average Bonchev–Trinajstić information content (AvgIpc) is 2.88. The Morgan fingerprint density at radius 3 is 2.69 bits per heavy atom. The molecule has 1 aliphatic rings. The molecule has 0 aliphatic carbocycles. The van der Waals surface area contributed by atoms with Crippen LogP contribution in [0, 0.1) is 0 Å². The molecule has 0 bridgehead atoms. The van der Waals surface area contributed by atoms with E-state index in [9.17, 15) is 0 Å². The zero-order valence-electron chi connectivity index (χ0n) is 20.4. The summed E-state index contributed by atoms with van der Waals surface area (Å²) >= 11 is 6.19. The van der Waals surface area contributed by atoms with Crippen LogP contribution in [-0.4, -0.2) is 67.4 Å². The number of rotatable bonds is 11. The molecule has 0 amide bonds. The molecule has 0 spiro atoms. The highest BCUT2D eigenvalue weighted by molar-refractivity contribution is 6.31. The van der Waals surface area contributed by atoms with Crippen molar-refractivity contribution in [2.45, 2.75) is 26.7 Å². The molecule has 1 fully saturated rings. The largest absolute Gasteiger partial charge is 0.464 e. The Balaban J connectivity index is 1.58. The molecule has 1 saturated heterocycles. The predicted octanol–water partition coefficient (Wildman–Crippen LogP) is 4.14. The second kappa shape index (κ2) is 12.7. The van der Waals surface area contributed by atoms with E-state index < -0.39 is 0 Å². The molecule has 188 valence electrons. The fourth-order valence-corrected chi connectivity index (χ4v) is 4.12. The third kappa shape index (κ3) is 7.06. The number of hydrogen-bond acceptors (Lipinski definition) is 9. The normalized spacial score (nSPS) is 14.9. The summed E-state index contributed by atoms with van der Waals surface area (Å²) in [4.78, 5) is 13.8. The SMILES string of the molecule is CCCN(CCC)c1cc(N/N=c2\ccoc3ccc(Cl)cc23)nc(OCCN2CCOCC2)n1. The van der Waals surface area contributed by atoms with Crippen LogP contribution < -0.4 is 20.4 Å². The first-order valence-corrected chi connectivity index (χ1v) is 12.6. The van der Waals surface area contributed by atoms with Crippen LogP contribution in [0.2, 0.25) is 5.02 Å². The average molecular weight is 501 g/mol. The van der Waals surface area contributed by atoms with Gasteiger partial charge in [0.1, 0.15) is 18.0 Å². The molecule has 35 heavy (non-hydrogen) atoms. The van der Waals surface area contributed by atoms with E-state index in [1.54, 1.807) is 18.4 Å². The Hall–Kier alpha value is -2.88. The van der Waals surface area contributed by atoms with Crippen LogP contribution in [0.4, 0.5) is 11.6 Å². The van der Waals surface area contributed by atoms with E-state index in [1.807, 2.05) is 18.2 Å². The molecule has 1 aliphatic heterocycles. The number of fused-ring (bicyclic) bond motifs is 1. The fraction of sp³-hybridized carbons (Fsp3) is 0.480. The number of anilines is 2. The Bertz CT molecular complexity index is 1160. The van der Waals surface area contributed by atoms with E-state index in [2.05, 4.69) is 39.2 Å². The minimum Gasteiger partial charge on any atom is -0.464 e. The van der Waals surface area contributed by atoms with Crippen LogP contribution in [0.25, 0.3) is 11.0 Å². The smallest absolute Gasteiger partial charge is 0.320 e. The van der Waals surface area contributed by atoms with Crippen molar-refractivity contribution in [3.05, 3.63) is 47.0 Å². The van der Waals surface area contributed by atoms with E-state index in [0.29, 0.717) is 34.4 Å². The second-order valence-corrected chi connectivity index (χ2v) is 8.79. The summed E-state index contributed by atoms with van der Waals surface area (Å²) in [5.74, 6) is 1.38. The summed E-state index contributed by atoms with van der Waals surface area (Å²) < 4.78 is 17.0. The number of hydrogen-bond donors (Lipinski definition) is 1. The molecule has 3 aromatic rings. The molecule has 9 nitrogen and oxygen atoms in total. The Morgan fingerprint density at radius 2 is 1.91 bits per heavy atom. The number of morpholine rings is 1. The minimum absolute atomic E-state index is 0.335. The quantitative estimate of drug-likeness (QED) is 0.393. The highest BCUT2D eigenvalue weighted by Gasteiger charge is 2.14. The van der Waals surface area contributed by atoms with Crippen LogP contribution in [0.5, 0.6) is 6.01 Å². The maximum atomic E-state index is 6.19. The molecule has 1 aromatic carbocycles. The lowest BCUT2D eigenvalue weighted by Gasteiger charge is -2.26. The first-order chi connectivity index (χ1) is 17.2. The van der Waals surface area contributed by atoms with Gasteiger partial charge in [-0.3, -0.25) is 10.3 Å². The van der Waals surface area contributed by atoms with Crippen molar-refractivity contribution in [3.63, 3.8) is 0 Å². The number of halogens is 1. The van der Waals surface area contributed by atoms with Gasteiger partial charge in [0.25, 0.3) is 0 Å². The number of aromatic nitrogens is 2. The Morgan fingerprint density at radius 1 is 1.11 bits per heavy atom. The van der Waals surface area contributed by atoms with Crippen molar-refractivity contribution in [2.24, 2.45) is 5.10 Å². The van der Waals surface area contributed by atoms with Gasteiger partial charge >= 0.3 is 6.01 Å². The number of nitrogens with zero attached hydrogens (tertiary/aromatic N) is 5. The maximum Gasteiger partial charge on any atom is 0.320 e. The van der Waals surface area contributed by atoms with E-state index in [4.69, 9.17) is 30.5 Å². The van der Waals surface area contributed by atoms with Crippen LogP contribution in [-0.2, 0) is 4.74 Å². The highest BCUT2D eigenvalue weighted by Crippen LogP contribution is 2.21. The van der Waals surface area contributed by atoms with Gasteiger partial charge in [0.05, 0.1) is 24.8 Å². The lowest BCUT2D eigenvalue weighted by Crippen LogP contribution is -2.38. The molecular formula is C25H33ClN6O3. The third-order valence-corrected chi connectivity index (χ3v) is 5.91. The van der Waals surface area contributed by atoms with Gasteiger partial charge in [-0.25, -0.2) is 0 Å². The topological polar surface area (TPSA) is 88.2 Å². The molecular weight excluding hydrogens is 468 g/mol. The van der Waals surface area contributed by atoms with E-state index in [0.717, 1.165) is 70.0 Å². The van der Waals surface area contributed by atoms with Crippen LogP contribution in [0.15, 0.2) is 46.1 Å². The Kier molecular flexibility index (Phi) is 9.16. The molecule has 10 heteroatoms. The van der Waals surface area contributed by atoms with Crippen molar-refractivity contribution >= 4 is 34.2 Å². The van der Waals surface area contributed by atoms with Crippen LogP contribution in [0.3, 0.4) is 0 Å². The van der Waals surface area contributed by atoms with Gasteiger partial charge in [-0.1, -0.05) is 25.4 Å². The van der Waals surface area contributed by atoms with Gasteiger partial charge in [-0.15, -0.1) is 0 Å². The van der Waals surface area contributed by atoms with Crippen molar-refractivity contribution in [1.29, 1.82) is 0 Å². The Labute approximate surface area is 210 Å². The molecule has 3 heterocycles. The van der Waals surface area contributed by atoms with E-state index in [1.165, 1.54) is 0 Å². The third-order valence-electron chi connectivity index (χ3n) is 5.67. The molecule has 0 saturated carbocycles. The van der Waals surface area contributed by atoms with Gasteiger partial charge in [0.15, 0.2) is 5.82 Å². The van der Waals surface area contributed by atoms with Gasteiger partial charge < -0.3 is 18.8 Å². The summed E-state index contributed by atoms with van der Waals surface area (Å²) in [6.45, 7) is 10.8. The van der Waals surface area contributed by atoms with Gasteiger partial charge in [0.2, 0.25) is 0 Å². The van der Waals surface area contributed by atoms with Crippen molar-refractivity contribution in [1.82, 2.24) is 14.9 Å². The summed E-state index contributed by atoms with van der Waals surface area (Å²) in [6, 6.07) is 9.48. The highest BCUT2D eigenvalue weighted by atomic mass is 35.5. The van der Waals surface area contributed by atoms with Crippen molar-refractivity contribution < 1.29 is 13.9 Å². The van der Waals surface area contributed by atoms with Gasteiger partial charge in [-0.05, 0) is 31.0 Å². The minimum atomic E-state index is 0.335. The number of ether oxygens (including phenoxy) is 2. The number of benzene rings is 1. The first-order valence-electron chi connectivity index (χ1n) is 12.2. The lowest BCUT2D eigenvalue weighted by atomic mass is 10.2. The van der Waals surface area contributed by atoms with E-state index >= 15 is 0 Å². The van der Waals surface area contributed by atoms with Crippen molar-refractivity contribution in [2.75, 3.05) is 62.9 Å². The molecule has 1 N–H and O–H groups in total. The molecule has 2 aromatic heterocycles. The zero-order valence-corrected chi connectivity index (χ0v) is 21.1. The van der Waals surface area contributed by atoms with Crippen LogP contribution in [0.1, 0.15) is 26.7 Å².